The van der Waals surface area contributed by atoms with Gasteiger partial charge in [-0.05, 0) is 41.5 Å². The Morgan fingerprint density at radius 3 is 0.400 bits per heavy atom. The van der Waals surface area contributed by atoms with Crippen molar-refractivity contribution in [3.8, 4) is 0 Å². The van der Waals surface area contributed by atoms with Crippen molar-refractivity contribution in [2.24, 2.45) is 0 Å². The fraction of sp³-hybridized carbons (Fsp3) is 0.308. The van der Waals surface area contributed by atoms with Crippen molar-refractivity contribution >= 4 is 35.8 Å². The lowest BCUT2D eigenvalue weighted by Gasteiger charge is -1.79. The van der Waals surface area contributed by atoms with Crippen LogP contribution in [0.4, 0.5) is 0 Å². The summed E-state index contributed by atoms with van der Waals surface area (Å²) in [5.41, 5.74) is 1.06. The van der Waals surface area contributed by atoms with Gasteiger partial charge >= 0.3 is 35.8 Å². The maximum atomic E-state index is 9.60. The Morgan fingerprint density at radius 1 is 0.350 bits per heavy atom. The smallest absolute Gasteiger partial charge is 0.330 e. The van der Waals surface area contributed by atoms with Crippen molar-refractivity contribution < 1.29 is 69.6 Å². The van der Waals surface area contributed by atoms with Crippen LogP contribution >= 0.6 is 0 Å². The number of hydrogen-bond acceptors (Lipinski definition) is 8. The highest BCUT2D eigenvalue weighted by molar-refractivity contribution is 5.86. The van der Waals surface area contributed by atoms with Crippen molar-refractivity contribution in [3.05, 3.63) is 72.9 Å². The van der Waals surface area contributed by atoms with Gasteiger partial charge in [-0.25, -0.2) is 28.8 Å². The molecule has 0 spiro atoms. The van der Waals surface area contributed by atoms with Gasteiger partial charge in [0.1, 0.15) is 0 Å². The van der Waals surface area contributed by atoms with Crippen LogP contribution in [0.5, 0.6) is 0 Å². The largest absolute Gasteiger partial charge is 0.478 e. The lowest BCUT2D eigenvalue weighted by molar-refractivity contribution is -0.133. The van der Waals surface area contributed by atoms with Crippen LogP contribution in [0, 0.1) is 0 Å². The van der Waals surface area contributed by atoms with Crippen molar-refractivity contribution in [1.29, 1.82) is 0 Å². The van der Waals surface area contributed by atoms with E-state index in [0.29, 0.717) is 0 Å². The second kappa shape index (κ2) is 34.2. The molecule has 0 radical (unpaired) electrons. The molecule has 0 saturated heterocycles. The normalized spacial score (nSPS) is 7.50. The summed E-state index contributed by atoms with van der Waals surface area (Å²) in [5.74, 6) is -5.61. The second-order valence-corrected chi connectivity index (χ2v) is 6.96. The fourth-order valence-corrected chi connectivity index (χ4v) is 0. The van der Waals surface area contributed by atoms with Gasteiger partial charge in [0.2, 0.25) is 0 Å². The van der Waals surface area contributed by atoms with Crippen LogP contribution in [0.25, 0.3) is 0 Å². The van der Waals surface area contributed by atoms with Gasteiger partial charge in [0.05, 0.1) is 13.2 Å². The van der Waals surface area contributed by atoms with E-state index in [-0.39, 0.29) is 46.7 Å². The molecule has 0 aliphatic heterocycles. The van der Waals surface area contributed by atoms with E-state index in [1.54, 1.807) is 0 Å². The zero-order valence-corrected chi connectivity index (χ0v) is 23.7. The highest BCUT2D eigenvalue weighted by atomic mass is 16.4. The molecule has 0 saturated carbocycles. The van der Waals surface area contributed by atoms with Crippen LogP contribution in [-0.4, -0.2) is 89.9 Å². The first kappa shape index (κ1) is 51.8. The molecule has 0 aromatic rings. The van der Waals surface area contributed by atoms with E-state index in [0.717, 1.165) is 0 Å². The third-order valence-electron chi connectivity index (χ3n) is 2.29. The van der Waals surface area contributed by atoms with E-state index >= 15 is 0 Å². The first-order chi connectivity index (χ1) is 17.8. The van der Waals surface area contributed by atoms with Gasteiger partial charge in [0.15, 0.2) is 0 Å². The van der Waals surface area contributed by atoms with Gasteiger partial charge in [-0.2, -0.15) is 0 Å². The highest BCUT2D eigenvalue weighted by Crippen LogP contribution is 1.83. The molecule has 0 heterocycles. The number of aliphatic hydroxyl groups is 2. The Morgan fingerprint density at radius 2 is 0.400 bits per heavy atom. The first-order valence-electron chi connectivity index (χ1n) is 10.3. The molecule has 0 fully saturated rings. The summed E-state index contributed by atoms with van der Waals surface area (Å²) in [4.78, 5) is 57.6. The molecule has 0 rings (SSSR count). The minimum atomic E-state index is -0.935. The van der Waals surface area contributed by atoms with Crippen molar-refractivity contribution in [1.82, 2.24) is 0 Å². The molecule has 0 amide bonds. The molecule has 0 aliphatic rings. The third kappa shape index (κ3) is 84.4. The van der Waals surface area contributed by atoms with Gasteiger partial charge in [0.25, 0.3) is 0 Å². The standard InChI is InChI=1S/6C4H6O2.C2H6O2/c6*1-3(2)4(5)6;3-1-2-4/h6*1H2,2H3,(H,5,6);3-4H,1-2H2. The van der Waals surface area contributed by atoms with Crippen LogP contribution < -0.4 is 0 Å². The molecule has 40 heavy (non-hydrogen) atoms. The summed E-state index contributed by atoms with van der Waals surface area (Å²) < 4.78 is 0. The van der Waals surface area contributed by atoms with E-state index in [9.17, 15) is 28.8 Å². The Kier molecular flexibility index (Phi) is 44.2. The highest BCUT2D eigenvalue weighted by Gasteiger charge is 1.92. The van der Waals surface area contributed by atoms with Crippen LogP contribution in [0.1, 0.15) is 41.5 Å². The quantitative estimate of drug-likeness (QED) is 0.202. The predicted octanol–water partition coefficient (Wildman–Crippen LogP) is 2.85. The number of hydrogen-bond donors (Lipinski definition) is 8. The van der Waals surface area contributed by atoms with E-state index in [1.165, 1.54) is 41.5 Å². The molecule has 0 bridgehead atoms. The Balaban J connectivity index is -0.0000000637. The van der Waals surface area contributed by atoms with E-state index in [1.807, 2.05) is 0 Å². The number of carboxylic acid groups (broad SMARTS) is 6. The summed E-state index contributed by atoms with van der Waals surface area (Å²) >= 11 is 0. The number of carboxylic acids is 6. The Labute approximate surface area is 233 Å². The third-order valence-corrected chi connectivity index (χ3v) is 2.29. The molecule has 0 aromatic heterocycles. The number of aliphatic hydroxyl groups excluding tert-OH is 2. The first-order valence-corrected chi connectivity index (χ1v) is 10.3. The van der Waals surface area contributed by atoms with Crippen molar-refractivity contribution in [2.75, 3.05) is 13.2 Å². The second-order valence-electron chi connectivity index (χ2n) is 6.96. The molecular weight excluding hydrogens is 536 g/mol. The number of rotatable bonds is 7. The Bertz CT molecular complexity index is 648. The molecule has 8 N–H and O–H groups in total. The summed E-state index contributed by atoms with van der Waals surface area (Å²) in [6.45, 7) is 27.4. The van der Waals surface area contributed by atoms with E-state index < -0.39 is 35.8 Å². The molecule has 0 aromatic carbocycles. The lowest BCUT2D eigenvalue weighted by Crippen LogP contribution is -1.92. The molecular formula is C26H42O14. The van der Waals surface area contributed by atoms with Crippen LogP contribution in [-0.2, 0) is 28.8 Å². The van der Waals surface area contributed by atoms with Gasteiger partial charge in [-0.15, -0.1) is 0 Å². The summed E-state index contributed by atoms with van der Waals surface area (Å²) in [6.07, 6.45) is 0. The van der Waals surface area contributed by atoms with Gasteiger partial charge in [-0.1, -0.05) is 39.5 Å². The van der Waals surface area contributed by atoms with Crippen molar-refractivity contribution in [2.45, 2.75) is 41.5 Å². The molecule has 230 valence electrons. The summed E-state index contributed by atoms with van der Waals surface area (Å²) in [5, 5.41) is 62.6. The topological polar surface area (TPSA) is 264 Å². The SMILES string of the molecule is C=C(C)C(=O)O.C=C(C)C(=O)O.C=C(C)C(=O)O.C=C(C)C(=O)O.C=C(C)C(=O)O.C=C(C)C(=O)O.OCCO. The minimum absolute atomic E-state index is 0.125. The number of aliphatic carboxylic acids is 6. The fourth-order valence-electron chi connectivity index (χ4n) is 0. The van der Waals surface area contributed by atoms with Gasteiger partial charge in [-0.3, -0.25) is 0 Å². The molecule has 0 unspecified atom stereocenters. The monoisotopic (exact) mass is 578 g/mol. The van der Waals surface area contributed by atoms with E-state index in [2.05, 4.69) is 39.5 Å². The zero-order valence-electron chi connectivity index (χ0n) is 23.7. The van der Waals surface area contributed by atoms with Crippen molar-refractivity contribution in [3.63, 3.8) is 0 Å². The van der Waals surface area contributed by atoms with E-state index in [4.69, 9.17) is 40.9 Å². The summed E-state index contributed by atoms with van der Waals surface area (Å²) in [7, 11) is 0. The van der Waals surface area contributed by atoms with Crippen LogP contribution in [0.2, 0.25) is 0 Å². The average molecular weight is 579 g/mol. The van der Waals surface area contributed by atoms with Gasteiger partial charge < -0.3 is 40.9 Å². The van der Waals surface area contributed by atoms with Crippen LogP contribution in [0.3, 0.4) is 0 Å². The zero-order chi connectivity index (χ0) is 34.3. The molecule has 14 nitrogen and oxygen atoms in total. The molecule has 0 atom stereocenters. The summed E-state index contributed by atoms with van der Waals surface area (Å²) in [6, 6.07) is 0. The number of carbonyl (C=O) groups is 6. The van der Waals surface area contributed by atoms with Gasteiger partial charge in [0, 0.05) is 33.4 Å². The maximum absolute atomic E-state index is 9.60. The predicted molar refractivity (Wildman–Crippen MR) is 149 cm³/mol. The molecule has 0 aliphatic carbocycles. The minimum Gasteiger partial charge on any atom is -0.478 e. The van der Waals surface area contributed by atoms with Crippen LogP contribution in [0.15, 0.2) is 72.9 Å². The maximum Gasteiger partial charge on any atom is 0.330 e. The Hall–Kier alpha value is -4.82. The molecule has 14 heteroatoms. The lowest BCUT2D eigenvalue weighted by atomic mass is 10.4. The average Bonchev–Trinajstić information content (AvgIpc) is 2.80.